The summed E-state index contributed by atoms with van der Waals surface area (Å²) in [7, 11) is -4.47. The summed E-state index contributed by atoms with van der Waals surface area (Å²) in [6.07, 6.45) is 2.61. The molecule has 1 aliphatic heterocycles. The van der Waals surface area contributed by atoms with E-state index in [0.717, 1.165) is 0 Å². The van der Waals surface area contributed by atoms with Crippen molar-refractivity contribution in [2.45, 2.75) is 37.2 Å². The predicted molar refractivity (Wildman–Crippen MR) is 73.5 cm³/mol. The normalized spacial score (nSPS) is 24.5. The van der Waals surface area contributed by atoms with Crippen LogP contribution in [0.5, 0.6) is 0 Å². The van der Waals surface area contributed by atoms with Crippen molar-refractivity contribution in [3.05, 3.63) is 6.20 Å². The summed E-state index contributed by atoms with van der Waals surface area (Å²) in [5.74, 6) is 1.09. The molecule has 0 bridgehead atoms. The number of aromatic nitrogens is 2. The summed E-state index contributed by atoms with van der Waals surface area (Å²) in [5.41, 5.74) is 5.63. The fourth-order valence-corrected chi connectivity index (χ4v) is 4.66. The molecule has 9 heteroatoms. The van der Waals surface area contributed by atoms with E-state index in [4.69, 9.17) is 5.73 Å². The Hall–Kier alpha value is -0.930. The lowest BCUT2D eigenvalue weighted by atomic mass is 10.2. The van der Waals surface area contributed by atoms with Gasteiger partial charge in [0.05, 0.1) is 0 Å². The van der Waals surface area contributed by atoms with Gasteiger partial charge in [-0.1, -0.05) is 0 Å². The first kappa shape index (κ1) is 14.5. The van der Waals surface area contributed by atoms with Crippen LogP contribution in [0.3, 0.4) is 0 Å². The molecule has 2 rings (SSSR count). The number of anilines is 1. The molecule has 1 aliphatic rings. The molecule has 1 aromatic rings. The molecule has 0 radical (unpaired) electrons. The Morgan fingerprint density at radius 2 is 2.16 bits per heavy atom. The van der Waals surface area contributed by atoms with Gasteiger partial charge < -0.3 is 5.73 Å². The molecule has 1 saturated heterocycles. The van der Waals surface area contributed by atoms with Crippen LogP contribution in [-0.4, -0.2) is 40.0 Å². The molecule has 0 atom stereocenters. The van der Waals surface area contributed by atoms with E-state index in [1.165, 1.54) is 10.9 Å². The van der Waals surface area contributed by atoms with Gasteiger partial charge in [0, 0.05) is 41.1 Å². The van der Waals surface area contributed by atoms with Gasteiger partial charge in [0.1, 0.15) is 4.90 Å². The lowest BCUT2D eigenvalue weighted by molar-refractivity contribution is 0.522. The van der Waals surface area contributed by atoms with Crippen molar-refractivity contribution in [2.75, 3.05) is 17.2 Å². The van der Waals surface area contributed by atoms with Crippen LogP contribution >= 0.6 is 0 Å². The van der Waals surface area contributed by atoms with Gasteiger partial charge in [0.25, 0.3) is 0 Å². The van der Waals surface area contributed by atoms with E-state index < -0.39 is 20.8 Å². The van der Waals surface area contributed by atoms with E-state index in [0.29, 0.717) is 30.9 Å². The number of nitrogens with two attached hydrogens (primary N) is 1. The standard InChI is InChI=1S/C10H18N4O3S2/c1-2-14-7-9(10(11)12-14)19(16,17)13-8-3-5-18(15)6-4-8/h7-8,13H,2-6H2,1H3,(H2,11,12). The van der Waals surface area contributed by atoms with Gasteiger partial charge in [0.15, 0.2) is 5.82 Å². The molecule has 1 fully saturated rings. The molecule has 0 saturated carbocycles. The fraction of sp³-hybridized carbons (Fsp3) is 0.700. The number of nitrogens with one attached hydrogen (secondary N) is 1. The molecule has 0 amide bonds. The van der Waals surface area contributed by atoms with E-state index >= 15 is 0 Å². The summed E-state index contributed by atoms with van der Waals surface area (Å²) in [6, 6.07) is -0.174. The topological polar surface area (TPSA) is 107 Å². The number of sulfonamides is 1. The molecule has 1 aromatic heterocycles. The largest absolute Gasteiger partial charge is 0.381 e. The second-order valence-corrected chi connectivity index (χ2v) is 7.86. The second-order valence-electron chi connectivity index (χ2n) is 4.48. The first-order chi connectivity index (χ1) is 8.92. The molecule has 7 nitrogen and oxygen atoms in total. The highest BCUT2D eigenvalue weighted by atomic mass is 32.2. The Morgan fingerprint density at radius 1 is 1.53 bits per heavy atom. The molecule has 2 heterocycles. The van der Waals surface area contributed by atoms with Crippen molar-refractivity contribution in [3.63, 3.8) is 0 Å². The Bertz CT molecular complexity index is 572. The minimum absolute atomic E-state index is 0.00809. The van der Waals surface area contributed by atoms with Crippen molar-refractivity contribution in [1.29, 1.82) is 0 Å². The van der Waals surface area contributed by atoms with E-state index in [1.54, 1.807) is 0 Å². The van der Waals surface area contributed by atoms with Gasteiger partial charge in [-0.2, -0.15) is 5.10 Å². The maximum atomic E-state index is 12.2. The van der Waals surface area contributed by atoms with Gasteiger partial charge >= 0.3 is 0 Å². The summed E-state index contributed by atoms with van der Waals surface area (Å²) in [6.45, 7) is 2.41. The van der Waals surface area contributed by atoms with Crippen LogP contribution in [0, 0.1) is 0 Å². The van der Waals surface area contributed by atoms with Gasteiger partial charge in [-0.25, -0.2) is 13.1 Å². The molecule has 0 unspecified atom stereocenters. The Balaban J connectivity index is 2.13. The molecule has 19 heavy (non-hydrogen) atoms. The van der Waals surface area contributed by atoms with Crippen LogP contribution < -0.4 is 10.5 Å². The van der Waals surface area contributed by atoms with Crippen molar-refractivity contribution in [1.82, 2.24) is 14.5 Å². The van der Waals surface area contributed by atoms with Crippen LogP contribution in [0.4, 0.5) is 5.82 Å². The Morgan fingerprint density at radius 3 is 2.68 bits per heavy atom. The monoisotopic (exact) mass is 306 g/mol. The van der Waals surface area contributed by atoms with Crippen molar-refractivity contribution in [2.24, 2.45) is 0 Å². The van der Waals surface area contributed by atoms with E-state index in [2.05, 4.69) is 9.82 Å². The second kappa shape index (κ2) is 5.59. The highest BCUT2D eigenvalue weighted by Crippen LogP contribution is 2.18. The first-order valence-electron chi connectivity index (χ1n) is 6.12. The van der Waals surface area contributed by atoms with Crippen LogP contribution in [0.2, 0.25) is 0 Å². The van der Waals surface area contributed by atoms with Gasteiger partial charge in [-0.15, -0.1) is 0 Å². The van der Waals surface area contributed by atoms with E-state index in [1.807, 2.05) is 6.92 Å². The van der Waals surface area contributed by atoms with Crippen LogP contribution in [0.15, 0.2) is 11.1 Å². The molecular formula is C10H18N4O3S2. The summed E-state index contributed by atoms with van der Waals surface area (Å²) < 4.78 is 39.8. The molecule has 0 aliphatic carbocycles. The molecular weight excluding hydrogens is 288 g/mol. The number of nitrogen functional groups attached to an aromatic ring is 1. The Labute approximate surface area is 115 Å². The van der Waals surface area contributed by atoms with Crippen LogP contribution in [0.1, 0.15) is 19.8 Å². The number of rotatable bonds is 4. The first-order valence-corrected chi connectivity index (χ1v) is 9.09. The quantitative estimate of drug-likeness (QED) is 0.792. The lowest BCUT2D eigenvalue weighted by Gasteiger charge is -2.22. The Kier molecular flexibility index (Phi) is 4.26. The maximum Gasteiger partial charge on any atom is 0.246 e. The van der Waals surface area contributed by atoms with Gasteiger partial charge in [-0.3, -0.25) is 8.89 Å². The summed E-state index contributed by atoms with van der Waals surface area (Å²) in [4.78, 5) is 0.0149. The molecule has 108 valence electrons. The average Bonchev–Trinajstić information content (AvgIpc) is 2.74. The predicted octanol–water partition coefficient (Wildman–Crippen LogP) is -0.325. The molecule has 3 N–H and O–H groups in total. The van der Waals surface area contributed by atoms with Gasteiger partial charge in [-0.05, 0) is 19.8 Å². The van der Waals surface area contributed by atoms with Crippen molar-refractivity contribution >= 4 is 26.6 Å². The molecule has 0 spiro atoms. The number of hydrogen-bond acceptors (Lipinski definition) is 5. The number of aryl methyl sites for hydroxylation is 1. The van der Waals surface area contributed by atoms with E-state index in [-0.39, 0.29) is 16.8 Å². The minimum atomic E-state index is -3.65. The number of nitrogens with zero attached hydrogens (tertiary/aromatic N) is 2. The van der Waals surface area contributed by atoms with Gasteiger partial charge in [0.2, 0.25) is 10.0 Å². The third-order valence-electron chi connectivity index (χ3n) is 3.08. The number of hydrogen-bond donors (Lipinski definition) is 2. The maximum absolute atomic E-state index is 12.2. The van der Waals surface area contributed by atoms with Crippen molar-refractivity contribution < 1.29 is 12.6 Å². The van der Waals surface area contributed by atoms with Crippen molar-refractivity contribution in [3.8, 4) is 0 Å². The van der Waals surface area contributed by atoms with Crippen LogP contribution in [0.25, 0.3) is 0 Å². The highest BCUT2D eigenvalue weighted by molar-refractivity contribution is 7.89. The third kappa shape index (κ3) is 3.34. The van der Waals surface area contributed by atoms with E-state index in [9.17, 15) is 12.6 Å². The third-order valence-corrected chi connectivity index (χ3v) is 6.00. The zero-order chi connectivity index (χ0) is 14.0. The zero-order valence-electron chi connectivity index (χ0n) is 10.7. The minimum Gasteiger partial charge on any atom is -0.381 e. The molecule has 0 aromatic carbocycles. The zero-order valence-corrected chi connectivity index (χ0v) is 12.3. The SMILES string of the molecule is CCn1cc(S(=O)(=O)NC2CCS(=O)CC2)c(N)n1. The lowest BCUT2D eigenvalue weighted by Crippen LogP contribution is -2.39. The smallest absolute Gasteiger partial charge is 0.246 e. The van der Waals surface area contributed by atoms with Crippen LogP contribution in [-0.2, 0) is 27.4 Å². The summed E-state index contributed by atoms with van der Waals surface area (Å²) in [5, 5.41) is 3.93. The summed E-state index contributed by atoms with van der Waals surface area (Å²) >= 11 is 0. The fourth-order valence-electron chi connectivity index (χ4n) is 1.98. The highest BCUT2D eigenvalue weighted by Gasteiger charge is 2.27. The average molecular weight is 306 g/mol.